The molecule has 0 fully saturated rings. The number of hydrogen-bond donors (Lipinski definition) is 1. The first-order valence-electron chi connectivity index (χ1n) is 10.5. The molecule has 0 radical (unpaired) electrons. The van der Waals surface area contributed by atoms with Crippen LogP contribution in [0.25, 0.3) is 0 Å². The molecule has 138 valence electrons. The second kappa shape index (κ2) is 13.5. The molecule has 0 amide bonds. The van der Waals surface area contributed by atoms with Crippen LogP contribution in [0.5, 0.6) is 0 Å². The van der Waals surface area contributed by atoms with Crippen LogP contribution in [-0.4, -0.2) is 6.54 Å². The minimum atomic E-state index is 0.0824. The lowest BCUT2D eigenvalue weighted by molar-refractivity contribution is 0.394. The van der Waals surface area contributed by atoms with Gasteiger partial charge in [0, 0.05) is 5.54 Å². The first-order valence-corrected chi connectivity index (χ1v) is 10.5. The molecule has 1 aromatic rings. The predicted molar refractivity (Wildman–Crippen MR) is 109 cm³/mol. The topological polar surface area (TPSA) is 12.0 Å². The fourth-order valence-corrected chi connectivity index (χ4v) is 3.32. The summed E-state index contributed by atoms with van der Waals surface area (Å²) in [5.41, 5.74) is 1.46. The molecule has 0 atom stereocenters. The zero-order chi connectivity index (χ0) is 17.5. The summed E-state index contributed by atoms with van der Waals surface area (Å²) in [7, 11) is 0. The average Bonchev–Trinajstić information content (AvgIpc) is 2.60. The van der Waals surface area contributed by atoms with E-state index in [4.69, 9.17) is 0 Å². The van der Waals surface area contributed by atoms with Crippen molar-refractivity contribution in [3.8, 4) is 0 Å². The molecule has 0 spiro atoms. The maximum Gasteiger partial charge on any atom is 0.0377 e. The van der Waals surface area contributed by atoms with Crippen molar-refractivity contribution in [2.45, 2.75) is 103 Å². The normalized spacial score (nSPS) is 11.8. The molecule has 1 N–H and O–H groups in total. The molecule has 24 heavy (non-hydrogen) atoms. The second-order valence-corrected chi connectivity index (χ2v) is 7.81. The number of unbranched alkanes of at least 4 members (excludes halogenated alkanes) is 11. The van der Waals surface area contributed by atoms with Crippen molar-refractivity contribution in [1.29, 1.82) is 0 Å². The molecule has 0 saturated heterocycles. The lowest BCUT2D eigenvalue weighted by Gasteiger charge is -2.27. The van der Waals surface area contributed by atoms with Crippen LogP contribution in [0.4, 0.5) is 0 Å². The van der Waals surface area contributed by atoms with E-state index in [1.54, 1.807) is 0 Å². The number of nitrogens with one attached hydrogen (secondary N) is 1. The van der Waals surface area contributed by atoms with E-state index in [9.17, 15) is 0 Å². The molecule has 1 nitrogen and oxygen atoms in total. The third-order valence-corrected chi connectivity index (χ3v) is 5.09. The molecule has 0 saturated carbocycles. The Morgan fingerprint density at radius 3 is 1.62 bits per heavy atom. The first-order chi connectivity index (χ1) is 11.7. The highest BCUT2D eigenvalue weighted by Gasteiger charge is 2.18. The van der Waals surface area contributed by atoms with Crippen molar-refractivity contribution in [1.82, 2.24) is 5.32 Å². The van der Waals surface area contributed by atoms with Crippen LogP contribution in [-0.2, 0) is 5.54 Å². The first kappa shape index (κ1) is 21.2. The molecule has 0 aliphatic carbocycles. The van der Waals surface area contributed by atoms with Crippen molar-refractivity contribution in [3.63, 3.8) is 0 Å². The highest BCUT2D eigenvalue weighted by Crippen LogP contribution is 2.19. The van der Waals surface area contributed by atoms with Crippen molar-refractivity contribution in [2.75, 3.05) is 6.54 Å². The van der Waals surface area contributed by atoms with Crippen molar-refractivity contribution >= 4 is 0 Å². The second-order valence-electron chi connectivity index (χ2n) is 7.81. The Labute approximate surface area is 151 Å². The molecule has 0 aromatic heterocycles. The molecular formula is C23H41N. The minimum Gasteiger partial charge on any atom is -0.308 e. The Morgan fingerprint density at radius 2 is 1.12 bits per heavy atom. The fourth-order valence-electron chi connectivity index (χ4n) is 3.32. The molecule has 0 heterocycles. The van der Waals surface area contributed by atoms with E-state index >= 15 is 0 Å². The SMILES string of the molecule is CCCCCCCCCCCCCCNC(C)(C)c1ccccc1. The summed E-state index contributed by atoms with van der Waals surface area (Å²) in [5.74, 6) is 0. The number of benzene rings is 1. The van der Waals surface area contributed by atoms with Gasteiger partial charge in [-0.2, -0.15) is 0 Å². The molecule has 0 aliphatic rings. The van der Waals surface area contributed by atoms with Crippen LogP contribution < -0.4 is 5.32 Å². The van der Waals surface area contributed by atoms with Gasteiger partial charge in [0.1, 0.15) is 0 Å². The van der Waals surface area contributed by atoms with Gasteiger partial charge in [-0.1, -0.05) is 108 Å². The molecule has 0 bridgehead atoms. The highest BCUT2D eigenvalue weighted by molar-refractivity contribution is 5.22. The zero-order valence-corrected chi connectivity index (χ0v) is 16.6. The van der Waals surface area contributed by atoms with Gasteiger partial charge >= 0.3 is 0 Å². The summed E-state index contributed by atoms with van der Waals surface area (Å²) in [4.78, 5) is 0. The lowest BCUT2D eigenvalue weighted by Crippen LogP contribution is -2.37. The lowest BCUT2D eigenvalue weighted by atomic mass is 9.94. The largest absolute Gasteiger partial charge is 0.308 e. The van der Waals surface area contributed by atoms with Gasteiger partial charge in [0.15, 0.2) is 0 Å². The smallest absolute Gasteiger partial charge is 0.0377 e. The number of rotatable bonds is 15. The predicted octanol–water partition coefficient (Wildman–Crippen LogP) is 7.21. The molecule has 0 aliphatic heterocycles. The van der Waals surface area contributed by atoms with Crippen LogP contribution >= 0.6 is 0 Å². The van der Waals surface area contributed by atoms with Gasteiger partial charge in [-0.3, -0.25) is 0 Å². The molecule has 1 aromatic carbocycles. The van der Waals surface area contributed by atoms with E-state index in [0.29, 0.717) is 0 Å². The van der Waals surface area contributed by atoms with Gasteiger partial charge in [-0.15, -0.1) is 0 Å². The van der Waals surface area contributed by atoms with E-state index < -0.39 is 0 Å². The van der Waals surface area contributed by atoms with Gasteiger partial charge in [-0.25, -0.2) is 0 Å². The van der Waals surface area contributed by atoms with Crippen LogP contribution in [0.3, 0.4) is 0 Å². The maximum atomic E-state index is 3.71. The van der Waals surface area contributed by atoms with Crippen LogP contribution in [0, 0.1) is 0 Å². The highest BCUT2D eigenvalue weighted by atomic mass is 14.9. The Kier molecular flexibility index (Phi) is 11.9. The maximum absolute atomic E-state index is 3.71. The van der Waals surface area contributed by atoms with Crippen molar-refractivity contribution in [3.05, 3.63) is 35.9 Å². The Balaban J connectivity index is 1.90. The van der Waals surface area contributed by atoms with Gasteiger partial charge in [0.2, 0.25) is 0 Å². The van der Waals surface area contributed by atoms with Gasteiger partial charge in [0.25, 0.3) is 0 Å². The molecular weight excluding hydrogens is 290 g/mol. The monoisotopic (exact) mass is 331 g/mol. The van der Waals surface area contributed by atoms with Gasteiger partial charge in [-0.05, 0) is 32.4 Å². The summed E-state index contributed by atoms with van der Waals surface area (Å²) >= 11 is 0. The van der Waals surface area contributed by atoms with Crippen LogP contribution in [0.1, 0.15) is 103 Å². The van der Waals surface area contributed by atoms with Crippen molar-refractivity contribution < 1.29 is 0 Å². The summed E-state index contributed by atoms with van der Waals surface area (Å²) in [6.07, 6.45) is 17.0. The van der Waals surface area contributed by atoms with E-state index in [2.05, 4.69) is 56.4 Å². The van der Waals surface area contributed by atoms with Crippen LogP contribution in [0.2, 0.25) is 0 Å². The third kappa shape index (κ3) is 10.1. The van der Waals surface area contributed by atoms with Crippen LogP contribution in [0.15, 0.2) is 30.3 Å². The summed E-state index contributed by atoms with van der Waals surface area (Å²) < 4.78 is 0. The van der Waals surface area contributed by atoms with Gasteiger partial charge < -0.3 is 5.32 Å². The zero-order valence-electron chi connectivity index (χ0n) is 16.6. The Hall–Kier alpha value is -0.820. The van der Waals surface area contributed by atoms with E-state index in [-0.39, 0.29) is 5.54 Å². The van der Waals surface area contributed by atoms with E-state index in [1.165, 1.54) is 82.6 Å². The minimum absolute atomic E-state index is 0.0824. The standard InChI is InChI=1S/C23H41N/c1-4-5-6-7-8-9-10-11-12-13-14-18-21-24-23(2,3)22-19-16-15-17-20-22/h15-17,19-20,24H,4-14,18,21H2,1-3H3. The van der Waals surface area contributed by atoms with E-state index in [1.807, 2.05) is 0 Å². The fraction of sp³-hybridized carbons (Fsp3) is 0.739. The average molecular weight is 332 g/mol. The van der Waals surface area contributed by atoms with Crippen molar-refractivity contribution in [2.24, 2.45) is 0 Å². The number of hydrogen-bond acceptors (Lipinski definition) is 1. The quantitative estimate of drug-likeness (QED) is 0.335. The Morgan fingerprint density at radius 1 is 0.667 bits per heavy atom. The summed E-state index contributed by atoms with van der Waals surface area (Å²) in [6.45, 7) is 7.98. The Bertz CT molecular complexity index is 382. The molecule has 1 heteroatoms. The van der Waals surface area contributed by atoms with E-state index in [0.717, 1.165) is 6.54 Å². The molecule has 0 unspecified atom stereocenters. The molecule has 1 rings (SSSR count). The summed E-state index contributed by atoms with van der Waals surface area (Å²) in [6, 6.07) is 10.8. The van der Waals surface area contributed by atoms with Gasteiger partial charge in [0.05, 0.1) is 0 Å². The summed E-state index contributed by atoms with van der Waals surface area (Å²) in [5, 5.41) is 3.71. The third-order valence-electron chi connectivity index (χ3n) is 5.09.